The predicted molar refractivity (Wildman–Crippen MR) is 57.7 cm³/mol. The molecule has 13 heavy (non-hydrogen) atoms. The fourth-order valence-electron chi connectivity index (χ4n) is 1.25. The van der Waals surface area contributed by atoms with Crippen LogP contribution in [0.15, 0.2) is 23.3 Å². The highest BCUT2D eigenvalue weighted by Gasteiger charge is 2.10. The third kappa shape index (κ3) is 4.07. The Kier molecular flexibility index (Phi) is 6.21. The van der Waals surface area contributed by atoms with Crippen molar-refractivity contribution in [3.63, 3.8) is 0 Å². The Balaban J connectivity index is 0.000000671. The van der Waals surface area contributed by atoms with Crippen molar-refractivity contribution in [2.75, 3.05) is 0 Å². The second-order valence-electron chi connectivity index (χ2n) is 2.99. The van der Waals surface area contributed by atoms with Crippen LogP contribution >= 0.6 is 0 Å². The molecule has 0 N–H and O–H groups in total. The summed E-state index contributed by atoms with van der Waals surface area (Å²) < 4.78 is 0. The first-order chi connectivity index (χ1) is 6.24. The molecule has 1 rings (SSSR count). The summed E-state index contributed by atoms with van der Waals surface area (Å²) in [6, 6.07) is 0. The number of allylic oxidation sites excluding steroid dienone is 4. The quantitative estimate of drug-likeness (QED) is 0.410. The van der Waals surface area contributed by atoms with E-state index >= 15 is 0 Å². The van der Waals surface area contributed by atoms with Crippen molar-refractivity contribution in [1.82, 2.24) is 0 Å². The largest absolute Gasteiger partial charge is 0.295 e. The van der Waals surface area contributed by atoms with Crippen molar-refractivity contribution in [2.45, 2.75) is 47.0 Å². The van der Waals surface area contributed by atoms with E-state index in [-0.39, 0.29) is 0 Å². The molecular formula is C12H20O. The van der Waals surface area contributed by atoms with E-state index in [0.29, 0.717) is 12.2 Å². The number of carbonyl (C=O) groups is 1. The molecule has 0 radical (unpaired) electrons. The van der Waals surface area contributed by atoms with Gasteiger partial charge in [-0.2, -0.15) is 0 Å². The average Bonchev–Trinajstić information content (AvgIpc) is 2.33. The number of hydrogen-bond donors (Lipinski definition) is 0. The van der Waals surface area contributed by atoms with Gasteiger partial charge < -0.3 is 0 Å². The number of Topliss-reactive ketones (excluding diaryl/α,β-unsaturated/α-hetero) is 1. The van der Waals surface area contributed by atoms with Gasteiger partial charge in [0.15, 0.2) is 5.78 Å². The first kappa shape index (κ1) is 12.2. The molecule has 1 nitrogen and oxygen atoms in total. The number of hydrogen-bond acceptors (Lipinski definition) is 1. The highest BCUT2D eigenvalue weighted by atomic mass is 16.1. The third-order valence-corrected chi connectivity index (χ3v) is 2.12. The van der Waals surface area contributed by atoms with Crippen molar-refractivity contribution >= 4 is 5.78 Å². The maximum atomic E-state index is 11.3. The predicted octanol–water partition coefficient (Wildman–Crippen LogP) is 3.66. The lowest BCUT2D eigenvalue weighted by Gasteiger charge is -1.96. The third-order valence-electron chi connectivity index (χ3n) is 2.12. The van der Waals surface area contributed by atoms with Gasteiger partial charge in [-0.3, -0.25) is 4.79 Å². The topological polar surface area (TPSA) is 17.1 Å². The molecule has 1 heteroatoms. The Hall–Kier alpha value is -0.850. The van der Waals surface area contributed by atoms with Gasteiger partial charge in [0, 0.05) is 6.42 Å². The van der Waals surface area contributed by atoms with Crippen LogP contribution in [0, 0.1) is 0 Å². The van der Waals surface area contributed by atoms with Crippen LogP contribution in [0.5, 0.6) is 0 Å². The van der Waals surface area contributed by atoms with Crippen LogP contribution in [-0.4, -0.2) is 5.78 Å². The van der Waals surface area contributed by atoms with Crippen LogP contribution in [0.1, 0.15) is 47.0 Å². The minimum Gasteiger partial charge on any atom is -0.295 e. The van der Waals surface area contributed by atoms with Gasteiger partial charge in [0.1, 0.15) is 0 Å². The van der Waals surface area contributed by atoms with E-state index in [9.17, 15) is 4.79 Å². The van der Waals surface area contributed by atoms with Gasteiger partial charge >= 0.3 is 0 Å². The molecule has 0 spiro atoms. The molecule has 74 valence electrons. The van der Waals surface area contributed by atoms with Crippen LogP contribution in [0.2, 0.25) is 0 Å². The van der Waals surface area contributed by atoms with E-state index in [0.717, 1.165) is 18.4 Å². The van der Waals surface area contributed by atoms with Crippen molar-refractivity contribution in [1.29, 1.82) is 0 Å². The van der Waals surface area contributed by atoms with Crippen molar-refractivity contribution in [2.24, 2.45) is 0 Å². The van der Waals surface area contributed by atoms with Crippen molar-refractivity contribution < 1.29 is 4.79 Å². The molecule has 1 aliphatic rings. The first-order valence-electron chi connectivity index (χ1n) is 5.08. The molecular weight excluding hydrogens is 160 g/mol. The molecule has 0 amide bonds. The standard InChI is InChI=1S/C10H14O.C2H6/c1-3-9-6-4-8(2)5-7-10(9)11;1-2/h3-4H,5-7H2,1-2H3;1-2H3/b9-3+;. The lowest BCUT2D eigenvalue weighted by atomic mass is 10.1. The molecule has 0 bridgehead atoms. The summed E-state index contributed by atoms with van der Waals surface area (Å²) >= 11 is 0. The first-order valence-corrected chi connectivity index (χ1v) is 5.08. The lowest BCUT2D eigenvalue weighted by molar-refractivity contribution is -0.115. The summed E-state index contributed by atoms with van der Waals surface area (Å²) in [4.78, 5) is 11.3. The monoisotopic (exact) mass is 180 g/mol. The van der Waals surface area contributed by atoms with Gasteiger partial charge in [0.2, 0.25) is 0 Å². The molecule has 0 heterocycles. The van der Waals surface area contributed by atoms with E-state index in [4.69, 9.17) is 0 Å². The van der Waals surface area contributed by atoms with E-state index in [2.05, 4.69) is 13.0 Å². The molecule has 0 aliphatic heterocycles. The van der Waals surface area contributed by atoms with Crippen LogP contribution in [0.25, 0.3) is 0 Å². The summed E-state index contributed by atoms with van der Waals surface area (Å²) in [5.41, 5.74) is 2.32. The zero-order valence-corrected chi connectivity index (χ0v) is 9.18. The van der Waals surface area contributed by atoms with Crippen molar-refractivity contribution in [3.05, 3.63) is 23.3 Å². The van der Waals surface area contributed by atoms with Gasteiger partial charge in [-0.15, -0.1) is 0 Å². The van der Waals surface area contributed by atoms with Crippen LogP contribution in [0.4, 0.5) is 0 Å². The molecule has 0 aromatic heterocycles. The van der Waals surface area contributed by atoms with Gasteiger partial charge in [-0.05, 0) is 32.3 Å². The lowest BCUT2D eigenvalue weighted by Crippen LogP contribution is -1.98. The second-order valence-corrected chi connectivity index (χ2v) is 2.99. The summed E-state index contributed by atoms with van der Waals surface area (Å²) in [7, 11) is 0. The molecule has 0 aromatic rings. The molecule has 1 aliphatic carbocycles. The number of rotatable bonds is 0. The smallest absolute Gasteiger partial charge is 0.159 e. The Labute approximate surface area is 81.5 Å². The van der Waals surface area contributed by atoms with E-state index < -0.39 is 0 Å². The van der Waals surface area contributed by atoms with E-state index in [1.54, 1.807) is 0 Å². The van der Waals surface area contributed by atoms with Gasteiger partial charge in [0.05, 0.1) is 0 Å². The van der Waals surface area contributed by atoms with Crippen LogP contribution in [-0.2, 0) is 4.79 Å². The fraction of sp³-hybridized carbons (Fsp3) is 0.583. The highest BCUT2D eigenvalue weighted by Crippen LogP contribution is 2.18. The Morgan fingerprint density at radius 2 is 1.92 bits per heavy atom. The Morgan fingerprint density at radius 1 is 1.31 bits per heavy atom. The van der Waals surface area contributed by atoms with Gasteiger partial charge in [0.25, 0.3) is 0 Å². The van der Waals surface area contributed by atoms with Gasteiger partial charge in [-0.25, -0.2) is 0 Å². The number of carbonyl (C=O) groups excluding carboxylic acids is 1. The molecule has 0 unspecified atom stereocenters. The van der Waals surface area contributed by atoms with Crippen LogP contribution in [0.3, 0.4) is 0 Å². The average molecular weight is 180 g/mol. The normalized spacial score (nSPS) is 20.2. The summed E-state index contributed by atoms with van der Waals surface area (Å²) in [5.74, 6) is 0.320. The SMILES string of the molecule is C/C=C1\CC=C(C)CCC1=O.CC. The van der Waals surface area contributed by atoms with Gasteiger partial charge in [-0.1, -0.05) is 31.6 Å². The zero-order chi connectivity index (χ0) is 10.3. The summed E-state index contributed by atoms with van der Waals surface area (Å²) in [6.45, 7) is 8.02. The molecule has 0 saturated heterocycles. The molecule has 0 fully saturated rings. The highest BCUT2D eigenvalue weighted by molar-refractivity contribution is 5.95. The molecule has 0 atom stereocenters. The molecule has 0 aromatic carbocycles. The summed E-state index contributed by atoms with van der Waals surface area (Å²) in [6.07, 6.45) is 6.55. The maximum Gasteiger partial charge on any atom is 0.159 e. The zero-order valence-electron chi connectivity index (χ0n) is 9.18. The van der Waals surface area contributed by atoms with E-state index in [1.807, 2.05) is 26.8 Å². The second kappa shape index (κ2) is 6.64. The maximum absolute atomic E-state index is 11.3. The minimum absolute atomic E-state index is 0.320. The minimum atomic E-state index is 0.320. The van der Waals surface area contributed by atoms with Crippen LogP contribution < -0.4 is 0 Å². The number of ketones is 1. The molecule has 0 saturated carbocycles. The Bertz CT molecular complexity index is 221. The fourth-order valence-corrected chi connectivity index (χ4v) is 1.25. The van der Waals surface area contributed by atoms with Crippen molar-refractivity contribution in [3.8, 4) is 0 Å². The Morgan fingerprint density at radius 3 is 2.46 bits per heavy atom. The summed E-state index contributed by atoms with van der Waals surface area (Å²) in [5, 5.41) is 0. The van der Waals surface area contributed by atoms with E-state index in [1.165, 1.54) is 5.57 Å².